The number of anilines is 1. The summed E-state index contributed by atoms with van der Waals surface area (Å²) in [4.78, 5) is 22.6. The van der Waals surface area contributed by atoms with Crippen molar-refractivity contribution in [1.29, 1.82) is 0 Å². The summed E-state index contributed by atoms with van der Waals surface area (Å²) in [7, 11) is -3.80. The Balaban J connectivity index is 1.75. The van der Waals surface area contributed by atoms with Crippen LogP contribution >= 0.6 is 0 Å². The molecule has 0 saturated carbocycles. The second-order valence-corrected chi connectivity index (χ2v) is 8.71. The quantitative estimate of drug-likeness (QED) is 0.310. The average molecular weight is 416 g/mol. The van der Waals surface area contributed by atoms with E-state index in [-0.39, 0.29) is 23.4 Å². The molecule has 13 nitrogen and oxygen atoms in total. The van der Waals surface area contributed by atoms with Gasteiger partial charge in [0, 0.05) is 0 Å². The summed E-state index contributed by atoms with van der Waals surface area (Å²) >= 11 is 0. The molecule has 3 rings (SSSR count). The standard InChI is InChI=1S/C14H20N6O7S/c15-6(14(23)24)1-2-28(25,26)3-7-9(21)10(22)13(27-7)20-5-19-8-11(16)17-4-18-12(8)20/h4-7,9-10,13,21-22H,1-3,15H2,(H,23,24)(H2,16,17,18)/t6?,7-,9-,10-,13+/m1/s1. The van der Waals surface area contributed by atoms with E-state index in [0.29, 0.717) is 0 Å². The van der Waals surface area contributed by atoms with Crippen LogP contribution in [0.25, 0.3) is 11.2 Å². The molecular weight excluding hydrogens is 396 g/mol. The van der Waals surface area contributed by atoms with Crippen LogP contribution in [0.5, 0.6) is 0 Å². The first-order chi connectivity index (χ1) is 13.1. The second-order valence-electron chi connectivity index (χ2n) is 6.48. The van der Waals surface area contributed by atoms with Crippen molar-refractivity contribution in [2.24, 2.45) is 5.73 Å². The molecule has 1 fully saturated rings. The molecule has 3 heterocycles. The fourth-order valence-electron chi connectivity index (χ4n) is 2.92. The van der Waals surface area contributed by atoms with Crippen molar-refractivity contribution >= 4 is 32.8 Å². The molecule has 2 aromatic rings. The van der Waals surface area contributed by atoms with Crippen LogP contribution in [0.15, 0.2) is 12.7 Å². The Bertz CT molecular complexity index is 980. The van der Waals surface area contributed by atoms with Crippen molar-refractivity contribution in [2.75, 3.05) is 17.2 Å². The summed E-state index contributed by atoms with van der Waals surface area (Å²) in [5, 5.41) is 29.3. The van der Waals surface area contributed by atoms with Gasteiger partial charge in [-0.15, -0.1) is 0 Å². The molecule has 1 unspecified atom stereocenters. The van der Waals surface area contributed by atoms with Crippen molar-refractivity contribution in [3.63, 3.8) is 0 Å². The number of nitrogens with zero attached hydrogens (tertiary/aromatic N) is 4. The Labute approximate surface area is 158 Å². The molecular formula is C14H20N6O7S. The van der Waals surface area contributed by atoms with Gasteiger partial charge in [-0.05, 0) is 6.42 Å². The van der Waals surface area contributed by atoms with Crippen LogP contribution in [-0.4, -0.2) is 85.1 Å². The number of aliphatic hydroxyl groups excluding tert-OH is 2. The Morgan fingerprint density at radius 3 is 2.68 bits per heavy atom. The van der Waals surface area contributed by atoms with Gasteiger partial charge >= 0.3 is 5.97 Å². The lowest BCUT2D eigenvalue weighted by Gasteiger charge is -2.16. The minimum atomic E-state index is -3.80. The highest BCUT2D eigenvalue weighted by Crippen LogP contribution is 2.32. The van der Waals surface area contributed by atoms with Gasteiger partial charge in [-0.2, -0.15) is 0 Å². The number of carbonyl (C=O) groups is 1. The van der Waals surface area contributed by atoms with Crippen molar-refractivity contribution in [1.82, 2.24) is 19.5 Å². The van der Waals surface area contributed by atoms with Gasteiger partial charge in [0.1, 0.15) is 36.2 Å². The Morgan fingerprint density at radius 2 is 2.00 bits per heavy atom. The molecule has 0 spiro atoms. The van der Waals surface area contributed by atoms with Gasteiger partial charge in [-0.3, -0.25) is 9.36 Å². The lowest BCUT2D eigenvalue weighted by molar-refractivity contribution is -0.138. The van der Waals surface area contributed by atoms with Crippen molar-refractivity contribution in [3.8, 4) is 0 Å². The van der Waals surface area contributed by atoms with Gasteiger partial charge in [0.25, 0.3) is 0 Å². The summed E-state index contributed by atoms with van der Waals surface area (Å²) in [6.07, 6.45) is -3.12. The van der Waals surface area contributed by atoms with E-state index >= 15 is 0 Å². The molecule has 1 aliphatic heterocycles. The number of rotatable bonds is 7. The number of fused-ring (bicyclic) bond motifs is 1. The molecule has 2 aromatic heterocycles. The predicted octanol–water partition coefficient (Wildman–Crippen LogP) is -2.76. The lowest BCUT2D eigenvalue weighted by atomic mass is 10.1. The topological polar surface area (TPSA) is 217 Å². The third kappa shape index (κ3) is 3.90. The first kappa shape index (κ1) is 20.3. The zero-order chi connectivity index (χ0) is 20.6. The number of imidazole rings is 1. The zero-order valence-electron chi connectivity index (χ0n) is 14.5. The number of hydrogen-bond acceptors (Lipinski definition) is 11. The van der Waals surface area contributed by atoms with E-state index in [9.17, 15) is 23.4 Å². The molecule has 5 atom stereocenters. The molecule has 1 aliphatic rings. The van der Waals surface area contributed by atoms with Crippen LogP contribution in [0.4, 0.5) is 5.82 Å². The van der Waals surface area contributed by atoms with Gasteiger partial charge in [0.2, 0.25) is 0 Å². The number of ether oxygens (including phenoxy) is 1. The fourth-order valence-corrected chi connectivity index (χ4v) is 4.47. The molecule has 0 aliphatic carbocycles. The number of aliphatic hydroxyl groups is 2. The van der Waals surface area contributed by atoms with Crippen LogP contribution in [0.1, 0.15) is 12.6 Å². The summed E-state index contributed by atoms with van der Waals surface area (Å²) < 4.78 is 31.4. The number of carboxylic acids is 1. The summed E-state index contributed by atoms with van der Waals surface area (Å²) in [6, 6.07) is -1.31. The number of aliphatic carboxylic acids is 1. The first-order valence-electron chi connectivity index (χ1n) is 8.24. The number of carboxylic acid groups (broad SMARTS) is 1. The summed E-state index contributed by atoms with van der Waals surface area (Å²) in [6.45, 7) is 0. The van der Waals surface area contributed by atoms with Crippen molar-refractivity contribution < 1.29 is 33.3 Å². The summed E-state index contributed by atoms with van der Waals surface area (Å²) in [5.41, 5.74) is 11.5. The summed E-state index contributed by atoms with van der Waals surface area (Å²) in [5.74, 6) is -2.30. The number of nitrogens with two attached hydrogens (primary N) is 2. The van der Waals surface area contributed by atoms with E-state index in [0.717, 1.165) is 0 Å². The first-order valence-corrected chi connectivity index (χ1v) is 10.1. The van der Waals surface area contributed by atoms with Gasteiger partial charge in [0.15, 0.2) is 27.5 Å². The monoisotopic (exact) mass is 416 g/mol. The Morgan fingerprint density at radius 1 is 1.29 bits per heavy atom. The predicted molar refractivity (Wildman–Crippen MR) is 94.5 cm³/mol. The molecule has 0 radical (unpaired) electrons. The minimum Gasteiger partial charge on any atom is -0.480 e. The zero-order valence-corrected chi connectivity index (χ0v) is 15.3. The maximum absolute atomic E-state index is 12.2. The van der Waals surface area contributed by atoms with Crippen molar-refractivity contribution in [3.05, 3.63) is 12.7 Å². The highest BCUT2D eigenvalue weighted by atomic mass is 32.2. The molecule has 28 heavy (non-hydrogen) atoms. The van der Waals surface area contributed by atoms with Crippen LogP contribution in [0.2, 0.25) is 0 Å². The van der Waals surface area contributed by atoms with Gasteiger partial charge in [0.05, 0.1) is 17.8 Å². The van der Waals surface area contributed by atoms with Crippen LogP contribution in [0.3, 0.4) is 0 Å². The van der Waals surface area contributed by atoms with E-state index in [1.54, 1.807) is 0 Å². The largest absolute Gasteiger partial charge is 0.480 e. The normalized spacial score (nSPS) is 26.5. The SMILES string of the molecule is Nc1ncnc2c1ncn2[C@H]1O[C@H](CS(=O)(=O)CCC(N)C(=O)O)[C@@H](O)[C@H]1O. The number of aromatic nitrogens is 4. The second kappa shape index (κ2) is 7.56. The third-order valence-electron chi connectivity index (χ3n) is 4.47. The van der Waals surface area contributed by atoms with Crippen LogP contribution < -0.4 is 11.5 Å². The molecule has 0 aromatic carbocycles. The van der Waals surface area contributed by atoms with E-state index in [4.69, 9.17) is 21.3 Å². The van der Waals surface area contributed by atoms with Gasteiger partial charge < -0.3 is 31.5 Å². The van der Waals surface area contributed by atoms with Crippen LogP contribution in [-0.2, 0) is 19.4 Å². The minimum absolute atomic E-state index is 0.116. The van der Waals surface area contributed by atoms with Crippen LogP contribution in [0, 0.1) is 0 Å². The number of sulfone groups is 1. The molecule has 0 bridgehead atoms. The Hall–Kier alpha value is -2.39. The number of hydrogen-bond donors (Lipinski definition) is 5. The van der Waals surface area contributed by atoms with E-state index in [1.165, 1.54) is 17.2 Å². The average Bonchev–Trinajstić information content (AvgIpc) is 3.17. The fraction of sp³-hybridized carbons (Fsp3) is 0.571. The highest BCUT2D eigenvalue weighted by Gasteiger charge is 2.46. The maximum atomic E-state index is 12.2. The number of nitrogen functional groups attached to an aromatic ring is 1. The molecule has 0 amide bonds. The molecule has 14 heteroatoms. The highest BCUT2D eigenvalue weighted by molar-refractivity contribution is 7.91. The molecule has 154 valence electrons. The molecule has 7 N–H and O–H groups in total. The van der Waals surface area contributed by atoms with Crippen molar-refractivity contribution in [2.45, 2.75) is 37.0 Å². The maximum Gasteiger partial charge on any atom is 0.320 e. The van der Waals surface area contributed by atoms with Gasteiger partial charge in [-0.1, -0.05) is 0 Å². The van der Waals surface area contributed by atoms with E-state index < -0.39 is 57.9 Å². The third-order valence-corrected chi connectivity index (χ3v) is 6.17. The molecule has 1 saturated heterocycles. The lowest BCUT2D eigenvalue weighted by Crippen LogP contribution is -2.37. The smallest absolute Gasteiger partial charge is 0.320 e. The van der Waals surface area contributed by atoms with E-state index in [1.807, 2.05) is 0 Å². The Kier molecular flexibility index (Phi) is 5.49. The van der Waals surface area contributed by atoms with E-state index in [2.05, 4.69) is 15.0 Å². The van der Waals surface area contributed by atoms with Gasteiger partial charge in [-0.25, -0.2) is 23.4 Å².